The van der Waals surface area contributed by atoms with Gasteiger partial charge in [-0.15, -0.1) is 0 Å². The van der Waals surface area contributed by atoms with E-state index in [1.807, 2.05) is 6.07 Å². The molecule has 0 spiro atoms. The van der Waals surface area contributed by atoms with Crippen LogP contribution in [0.3, 0.4) is 0 Å². The molecule has 1 aromatic rings. The molecule has 0 saturated heterocycles. The summed E-state index contributed by atoms with van der Waals surface area (Å²) in [7, 11) is 0. The maximum Gasteiger partial charge on any atom is 0.221 e. The highest BCUT2D eigenvalue weighted by atomic mass is 16.1. The summed E-state index contributed by atoms with van der Waals surface area (Å²) in [5, 5.41) is 2.97. The molecule has 3 nitrogen and oxygen atoms in total. The standard InChI is InChI=1S/C18H28N2O/c1-4-11-20(12-5-2)16-9-10-17-15(13-16)7-6-8-18(17)19-14(3)21/h6-8,16H,4-5,9-13H2,1-3H3,(H,19,21)/t16-/m1/s1. The Morgan fingerprint density at radius 2 is 2.00 bits per heavy atom. The number of benzene rings is 1. The van der Waals surface area contributed by atoms with E-state index in [9.17, 15) is 4.79 Å². The summed E-state index contributed by atoms with van der Waals surface area (Å²) in [6, 6.07) is 6.97. The van der Waals surface area contributed by atoms with Crippen LogP contribution in [0.15, 0.2) is 18.2 Å². The zero-order chi connectivity index (χ0) is 15.2. The average molecular weight is 288 g/mol. The van der Waals surface area contributed by atoms with Crippen molar-refractivity contribution in [1.82, 2.24) is 4.90 Å². The number of rotatable bonds is 6. The second kappa shape index (κ2) is 7.60. The fourth-order valence-electron chi connectivity index (χ4n) is 3.46. The molecule has 1 aromatic carbocycles. The van der Waals surface area contributed by atoms with Crippen molar-refractivity contribution in [3.8, 4) is 0 Å². The van der Waals surface area contributed by atoms with Crippen LogP contribution < -0.4 is 5.32 Å². The molecule has 0 saturated carbocycles. The van der Waals surface area contributed by atoms with Crippen LogP contribution in [0.1, 0.15) is 51.2 Å². The average Bonchev–Trinajstić information content (AvgIpc) is 2.46. The predicted octanol–water partition coefficient (Wildman–Crippen LogP) is 3.62. The molecule has 1 N–H and O–H groups in total. The van der Waals surface area contributed by atoms with Crippen LogP contribution in [0.4, 0.5) is 5.69 Å². The third kappa shape index (κ3) is 4.07. The lowest BCUT2D eigenvalue weighted by atomic mass is 9.86. The van der Waals surface area contributed by atoms with Gasteiger partial charge in [-0.3, -0.25) is 4.79 Å². The number of carbonyl (C=O) groups excluding carboxylic acids is 1. The van der Waals surface area contributed by atoms with Crippen LogP contribution in [0.25, 0.3) is 0 Å². The van der Waals surface area contributed by atoms with Crippen LogP contribution in [-0.4, -0.2) is 29.9 Å². The summed E-state index contributed by atoms with van der Waals surface area (Å²) in [6.07, 6.45) is 5.82. The maximum absolute atomic E-state index is 11.3. The molecular formula is C18H28N2O. The zero-order valence-corrected chi connectivity index (χ0v) is 13.6. The van der Waals surface area contributed by atoms with Gasteiger partial charge in [-0.25, -0.2) is 0 Å². The van der Waals surface area contributed by atoms with Gasteiger partial charge in [0.2, 0.25) is 5.91 Å². The lowest BCUT2D eigenvalue weighted by Crippen LogP contribution is -2.40. The molecule has 0 fully saturated rings. The molecule has 1 amide bonds. The molecule has 1 atom stereocenters. The molecule has 0 bridgehead atoms. The summed E-state index contributed by atoms with van der Waals surface area (Å²) in [6.45, 7) is 8.48. The van der Waals surface area contributed by atoms with Crippen LogP contribution in [0.2, 0.25) is 0 Å². The normalized spacial score (nSPS) is 17.6. The third-order valence-electron chi connectivity index (χ3n) is 4.30. The van der Waals surface area contributed by atoms with Crippen LogP contribution in [-0.2, 0) is 17.6 Å². The Hall–Kier alpha value is -1.35. The quantitative estimate of drug-likeness (QED) is 0.867. The van der Waals surface area contributed by atoms with Crippen molar-refractivity contribution in [2.24, 2.45) is 0 Å². The van der Waals surface area contributed by atoms with E-state index in [1.54, 1.807) is 6.92 Å². The molecule has 0 aliphatic heterocycles. The summed E-state index contributed by atoms with van der Waals surface area (Å²) in [5.41, 5.74) is 3.77. The molecule has 2 rings (SSSR count). The van der Waals surface area contributed by atoms with Gasteiger partial charge in [0.05, 0.1) is 0 Å². The number of nitrogens with one attached hydrogen (secondary N) is 1. The first-order valence-electron chi connectivity index (χ1n) is 8.28. The Bertz CT molecular complexity index is 478. The van der Waals surface area contributed by atoms with Gasteiger partial charge in [0.25, 0.3) is 0 Å². The molecule has 0 radical (unpaired) electrons. The number of carbonyl (C=O) groups is 1. The highest BCUT2D eigenvalue weighted by Crippen LogP contribution is 2.30. The molecule has 3 heteroatoms. The van der Waals surface area contributed by atoms with E-state index in [-0.39, 0.29) is 5.91 Å². The lowest BCUT2D eigenvalue weighted by molar-refractivity contribution is -0.114. The van der Waals surface area contributed by atoms with E-state index in [4.69, 9.17) is 0 Å². The van der Waals surface area contributed by atoms with Crippen molar-refractivity contribution in [3.05, 3.63) is 29.3 Å². The first-order chi connectivity index (χ1) is 10.2. The molecule has 0 heterocycles. The van der Waals surface area contributed by atoms with E-state index in [1.165, 1.54) is 43.5 Å². The third-order valence-corrected chi connectivity index (χ3v) is 4.30. The number of fused-ring (bicyclic) bond motifs is 1. The SMILES string of the molecule is CCCN(CCC)[C@@H]1CCc2c(cccc2NC(C)=O)C1. The monoisotopic (exact) mass is 288 g/mol. The lowest BCUT2D eigenvalue weighted by Gasteiger charge is -2.35. The maximum atomic E-state index is 11.3. The van der Waals surface area contributed by atoms with E-state index in [0.29, 0.717) is 6.04 Å². The van der Waals surface area contributed by atoms with Crippen molar-refractivity contribution >= 4 is 11.6 Å². The van der Waals surface area contributed by atoms with Gasteiger partial charge >= 0.3 is 0 Å². The molecule has 1 aliphatic rings. The van der Waals surface area contributed by atoms with Gasteiger partial charge in [-0.05, 0) is 62.4 Å². The van der Waals surface area contributed by atoms with Crippen LogP contribution >= 0.6 is 0 Å². The topological polar surface area (TPSA) is 32.3 Å². The van der Waals surface area contributed by atoms with Gasteiger partial charge in [-0.2, -0.15) is 0 Å². The Morgan fingerprint density at radius 1 is 1.29 bits per heavy atom. The number of nitrogens with zero attached hydrogens (tertiary/aromatic N) is 1. The van der Waals surface area contributed by atoms with Crippen molar-refractivity contribution in [1.29, 1.82) is 0 Å². The number of anilines is 1. The minimum Gasteiger partial charge on any atom is -0.326 e. The Balaban J connectivity index is 2.14. The molecule has 21 heavy (non-hydrogen) atoms. The van der Waals surface area contributed by atoms with E-state index < -0.39 is 0 Å². The Labute approximate surface area is 128 Å². The summed E-state index contributed by atoms with van der Waals surface area (Å²) in [5.74, 6) is 0.0177. The van der Waals surface area contributed by atoms with Gasteiger partial charge in [0.15, 0.2) is 0 Å². The first-order valence-corrected chi connectivity index (χ1v) is 8.28. The highest BCUT2D eigenvalue weighted by Gasteiger charge is 2.24. The Morgan fingerprint density at radius 3 is 2.62 bits per heavy atom. The second-order valence-corrected chi connectivity index (χ2v) is 6.06. The minimum absolute atomic E-state index is 0.0177. The van der Waals surface area contributed by atoms with Crippen molar-refractivity contribution in [2.45, 2.75) is 58.9 Å². The highest BCUT2D eigenvalue weighted by molar-refractivity contribution is 5.89. The van der Waals surface area contributed by atoms with Gasteiger partial charge < -0.3 is 10.2 Å². The summed E-state index contributed by atoms with van der Waals surface area (Å²) in [4.78, 5) is 14.0. The van der Waals surface area contributed by atoms with Crippen LogP contribution in [0.5, 0.6) is 0 Å². The number of hydrogen-bond donors (Lipinski definition) is 1. The van der Waals surface area contributed by atoms with Gasteiger partial charge in [-0.1, -0.05) is 26.0 Å². The summed E-state index contributed by atoms with van der Waals surface area (Å²) >= 11 is 0. The minimum atomic E-state index is 0.0177. The van der Waals surface area contributed by atoms with Crippen LogP contribution in [0, 0.1) is 0 Å². The molecule has 116 valence electrons. The van der Waals surface area contributed by atoms with Gasteiger partial charge in [0, 0.05) is 18.7 Å². The molecule has 0 unspecified atom stereocenters. The second-order valence-electron chi connectivity index (χ2n) is 6.06. The fraction of sp³-hybridized carbons (Fsp3) is 0.611. The van der Waals surface area contributed by atoms with Crippen molar-refractivity contribution in [2.75, 3.05) is 18.4 Å². The van der Waals surface area contributed by atoms with E-state index in [2.05, 4.69) is 36.2 Å². The van der Waals surface area contributed by atoms with Gasteiger partial charge in [0.1, 0.15) is 0 Å². The first kappa shape index (κ1) is 16.0. The largest absolute Gasteiger partial charge is 0.326 e. The summed E-state index contributed by atoms with van der Waals surface area (Å²) < 4.78 is 0. The Kier molecular flexibility index (Phi) is 5.80. The van der Waals surface area contributed by atoms with E-state index >= 15 is 0 Å². The van der Waals surface area contributed by atoms with E-state index in [0.717, 1.165) is 18.5 Å². The van der Waals surface area contributed by atoms with Crippen molar-refractivity contribution in [3.63, 3.8) is 0 Å². The fourth-order valence-corrected chi connectivity index (χ4v) is 3.46. The predicted molar refractivity (Wildman–Crippen MR) is 88.7 cm³/mol. The molecular weight excluding hydrogens is 260 g/mol. The van der Waals surface area contributed by atoms with Crippen molar-refractivity contribution < 1.29 is 4.79 Å². The number of hydrogen-bond acceptors (Lipinski definition) is 2. The number of amides is 1. The zero-order valence-electron chi connectivity index (χ0n) is 13.6. The smallest absolute Gasteiger partial charge is 0.221 e. The molecule has 1 aliphatic carbocycles. The molecule has 0 aromatic heterocycles.